The zero-order chi connectivity index (χ0) is 21.0. The number of ketones is 1. The van der Waals surface area contributed by atoms with Gasteiger partial charge in [0.05, 0.1) is 11.3 Å². The Balaban J connectivity index is 1.24. The predicted molar refractivity (Wildman–Crippen MR) is 116 cm³/mol. The van der Waals surface area contributed by atoms with Crippen molar-refractivity contribution in [1.29, 1.82) is 5.26 Å². The quantitative estimate of drug-likeness (QED) is 0.482. The molecule has 1 aliphatic heterocycles. The predicted octanol–water partition coefficient (Wildman–Crippen LogP) is 5.12. The van der Waals surface area contributed by atoms with Crippen molar-refractivity contribution < 1.29 is 14.3 Å². The highest BCUT2D eigenvalue weighted by molar-refractivity contribution is 8.00. The topological polar surface area (TPSA) is 72.2 Å². The summed E-state index contributed by atoms with van der Waals surface area (Å²) in [5.74, 6) is 4.03. The standard InChI is InChI=1S/C25H24N2O3S/c26-12-19-2-4-23(25-9-15-5-16(10-25)7-17(6-15)11-25)27-24(19)31-13-20(28)18-1-3-21-22(8-18)30-14-29-21/h1-4,8,15-17H,5-7,9-11,13-14H2. The van der Waals surface area contributed by atoms with Crippen molar-refractivity contribution in [3.63, 3.8) is 0 Å². The Hall–Kier alpha value is -2.52. The zero-order valence-electron chi connectivity index (χ0n) is 17.3. The van der Waals surface area contributed by atoms with Gasteiger partial charge in [-0.3, -0.25) is 4.79 Å². The van der Waals surface area contributed by atoms with Crippen molar-refractivity contribution in [2.45, 2.75) is 49.0 Å². The second kappa shape index (κ2) is 7.27. The Morgan fingerprint density at radius 3 is 2.48 bits per heavy atom. The molecule has 7 rings (SSSR count). The number of benzene rings is 1. The van der Waals surface area contributed by atoms with E-state index in [9.17, 15) is 10.1 Å². The van der Waals surface area contributed by atoms with Crippen molar-refractivity contribution in [2.24, 2.45) is 17.8 Å². The molecule has 0 atom stereocenters. The van der Waals surface area contributed by atoms with Crippen LogP contribution in [0.4, 0.5) is 0 Å². The normalized spacial score (nSPS) is 29.7. The lowest BCUT2D eigenvalue weighted by Gasteiger charge is -2.56. The van der Waals surface area contributed by atoms with Crippen LogP contribution in [0.3, 0.4) is 0 Å². The largest absolute Gasteiger partial charge is 0.454 e. The summed E-state index contributed by atoms with van der Waals surface area (Å²) in [7, 11) is 0. The van der Waals surface area contributed by atoms with Crippen molar-refractivity contribution in [2.75, 3.05) is 12.5 Å². The van der Waals surface area contributed by atoms with E-state index >= 15 is 0 Å². The van der Waals surface area contributed by atoms with Crippen LogP contribution in [0.1, 0.15) is 60.1 Å². The van der Waals surface area contributed by atoms with Gasteiger partial charge in [0.2, 0.25) is 6.79 Å². The molecule has 2 aromatic rings. The van der Waals surface area contributed by atoms with Gasteiger partial charge in [0.25, 0.3) is 0 Å². The van der Waals surface area contributed by atoms with Crippen LogP contribution in [0.25, 0.3) is 0 Å². The first-order valence-electron chi connectivity index (χ1n) is 11.1. The summed E-state index contributed by atoms with van der Waals surface area (Å²) in [6.45, 7) is 0.189. The highest BCUT2D eigenvalue weighted by atomic mass is 32.2. The third-order valence-electron chi connectivity index (χ3n) is 7.60. The van der Waals surface area contributed by atoms with Crippen LogP contribution in [0.5, 0.6) is 11.5 Å². The van der Waals surface area contributed by atoms with Gasteiger partial charge in [-0.15, -0.1) is 0 Å². The molecule has 0 radical (unpaired) electrons. The summed E-state index contributed by atoms with van der Waals surface area (Å²) in [5, 5.41) is 10.3. The first-order valence-corrected chi connectivity index (χ1v) is 12.1. The molecular weight excluding hydrogens is 408 g/mol. The van der Waals surface area contributed by atoms with E-state index < -0.39 is 0 Å². The lowest BCUT2D eigenvalue weighted by molar-refractivity contribution is -0.00744. The van der Waals surface area contributed by atoms with Crippen LogP contribution < -0.4 is 9.47 Å². The molecule has 4 bridgehead atoms. The van der Waals surface area contributed by atoms with E-state index in [1.807, 2.05) is 6.07 Å². The van der Waals surface area contributed by atoms with Crippen LogP contribution in [0, 0.1) is 29.1 Å². The number of thioether (sulfide) groups is 1. The molecule has 0 amide bonds. The van der Waals surface area contributed by atoms with Gasteiger partial charge in [-0.25, -0.2) is 4.98 Å². The highest BCUT2D eigenvalue weighted by Gasteiger charge is 2.52. The molecule has 0 unspecified atom stereocenters. The number of hydrogen-bond donors (Lipinski definition) is 0. The van der Waals surface area contributed by atoms with E-state index in [4.69, 9.17) is 14.5 Å². The molecule has 1 aromatic carbocycles. The molecule has 158 valence electrons. The number of carbonyl (C=O) groups excluding carboxylic acids is 1. The molecule has 1 aromatic heterocycles. The molecule has 0 N–H and O–H groups in total. The number of Topliss-reactive ketones (excluding diaryl/α,β-unsaturated/α-hetero) is 1. The van der Waals surface area contributed by atoms with Gasteiger partial charge in [0, 0.05) is 16.7 Å². The average Bonchev–Trinajstić information content (AvgIpc) is 3.24. The molecule has 0 saturated heterocycles. The number of rotatable bonds is 5. The van der Waals surface area contributed by atoms with Crippen LogP contribution in [-0.2, 0) is 5.41 Å². The minimum atomic E-state index is -0.00537. The van der Waals surface area contributed by atoms with Gasteiger partial charge in [-0.1, -0.05) is 11.8 Å². The van der Waals surface area contributed by atoms with Gasteiger partial charge in [0.15, 0.2) is 17.3 Å². The second-order valence-electron chi connectivity index (χ2n) is 9.64. The van der Waals surface area contributed by atoms with E-state index in [0.29, 0.717) is 27.7 Å². The Kier molecular flexibility index (Phi) is 4.50. The number of pyridine rings is 1. The summed E-state index contributed by atoms with van der Waals surface area (Å²) in [6, 6.07) is 11.5. The Labute approximate surface area is 186 Å². The summed E-state index contributed by atoms with van der Waals surface area (Å²) in [4.78, 5) is 17.8. The van der Waals surface area contributed by atoms with E-state index in [2.05, 4.69) is 12.1 Å². The van der Waals surface area contributed by atoms with Gasteiger partial charge in [-0.2, -0.15) is 5.26 Å². The van der Waals surface area contributed by atoms with Crippen LogP contribution in [0.2, 0.25) is 0 Å². The Morgan fingerprint density at radius 2 is 1.77 bits per heavy atom. The van der Waals surface area contributed by atoms with Gasteiger partial charge in [-0.05, 0) is 86.6 Å². The molecule has 5 aliphatic rings. The molecule has 6 heteroatoms. The third kappa shape index (κ3) is 3.30. The molecule has 0 spiro atoms. The fraction of sp³-hybridized carbons (Fsp3) is 0.480. The van der Waals surface area contributed by atoms with Crippen LogP contribution in [-0.4, -0.2) is 23.3 Å². The lowest BCUT2D eigenvalue weighted by Crippen LogP contribution is -2.49. The molecule has 31 heavy (non-hydrogen) atoms. The zero-order valence-corrected chi connectivity index (χ0v) is 18.1. The average molecular weight is 433 g/mol. The van der Waals surface area contributed by atoms with Gasteiger partial charge >= 0.3 is 0 Å². The van der Waals surface area contributed by atoms with Crippen molar-refractivity contribution >= 4 is 17.5 Å². The van der Waals surface area contributed by atoms with Crippen molar-refractivity contribution in [3.05, 3.63) is 47.2 Å². The number of nitriles is 1. The first-order chi connectivity index (χ1) is 15.1. The summed E-state index contributed by atoms with van der Waals surface area (Å²) >= 11 is 1.37. The lowest BCUT2D eigenvalue weighted by atomic mass is 9.49. The maximum Gasteiger partial charge on any atom is 0.231 e. The summed E-state index contributed by atoms with van der Waals surface area (Å²) in [6.07, 6.45) is 7.87. The molecule has 4 aliphatic carbocycles. The molecule has 4 saturated carbocycles. The minimum Gasteiger partial charge on any atom is -0.454 e. The Morgan fingerprint density at radius 1 is 1.06 bits per heavy atom. The second-order valence-corrected chi connectivity index (χ2v) is 10.6. The van der Waals surface area contributed by atoms with Gasteiger partial charge < -0.3 is 9.47 Å². The van der Waals surface area contributed by atoms with Crippen LogP contribution in [0.15, 0.2) is 35.4 Å². The molecular formula is C25H24N2O3S. The minimum absolute atomic E-state index is 0.00537. The van der Waals surface area contributed by atoms with E-state index in [1.54, 1.807) is 18.2 Å². The third-order valence-corrected chi connectivity index (χ3v) is 8.59. The van der Waals surface area contributed by atoms with Crippen molar-refractivity contribution in [1.82, 2.24) is 4.98 Å². The molecule has 4 fully saturated rings. The maximum absolute atomic E-state index is 12.8. The Bertz CT molecular complexity index is 1070. The number of ether oxygens (including phenoxy) is 2. The monoisotopic (exact) mass is 432 g/mol. The summed E-state index contributed by atoms with van der Waals surface area (Å²) < 4.78 is 10.7. The number of hydrogen-bond acceptors (Lipinski definition) is 6. The smallest absolute Gasteiger partial charge is 0.231 e. The summed E-state index contributed by atoms with van der Waals surface area (Å²) in [5.41, 5.74) is 2.47. The number of aromatic nitrogens is 1. The van der Waals surface area contributed by atoms with Crippen molar-refractivity contribution in [3.8, 4) is 17.6 Å². The SMILES string of the molecule is N#Cc1ccc(C23CC4CC(CC(C4)C2)C3)nc1SCC(=O)c1ccc2c(c1)OCO2. The number of nitrogens with zero attached hydrogens (tertiary/aromatic N) is 2. The fourth-order valence-corrected chi connectivity index (χ4v) is 7.51. The number of carbonyl (C=O) groups is 1. The first kappa shape index (κ1) is 19.2. The molecule has 5 nitrogen and oxygen atoms in total. The maximum atomic E-state index is 12.8. The number of fused-ring (bicyclic) bond motifs is 1. The fourth-order valence-electron chi connectivity index (χ4n) is 6.64. The van der Waals surface area contributed by atoms with Gasteiger partial charge in [0.1, 0.15) is 11.1 Å². The van der Waals surface area contributed by atoms with E-state index in [-0.39, 0.29) is 23.7 Å². The molecule has 2 heterocycles. The van der Waals surface area contributed by atoms with E-state index in [0.717, 1.165) is 23.4 Å². The van der Waals surface area contributed by atoms with E-state index in [1.165, 1.54) is 50.3 Å². The van der Waals surface area contributed by atoms with Crippen LogP contribution >= 0.6 is 11.8 Å². The highest BCUT2D eigenvalue weighted by Crippen LogP contribution is 2.60.